The fraction of sp³-hybridized carbons (Fsp3) is 0.500. The summed E-state index contributed by atoms with van der Waals surface area (Å²) in [6.07, 6.45) is 3.88. The van der Waals surface area contributed by atoms with Gasteiger partial charge in [-0.15, -0.1) is 0 Å². The smallest absolute Gasteiger partial charge is 0.112 e. The summed E-state index contributed by atoms with van der Waals surface area (Å²) in [6.45, 7) is 2.12. The van der Waals surface area contributed by atoms with Crippen LogP contribution in [-0.2, 0) is 0 Å². The molecule has 0 saturated carbocycles. The van der Waals surface area contributed by atoms with Crippen LogP contribution in [0.25, 0.3) is 11.0 Å². The quantitative estimate of drug-likeness (QED) is 0.849. The number of halogens is 1. The Labute approximate surface area is 115 Å². The van der Waals surface area contributed by atoms with E-state index in [0.717, 1.165) is 21.5 Å². The molecule has 2 N–H and O–H groups in total. The summed E-state index contributed by atoms with van der Waals surface area (Å²) in [5.41, 5.74) is 3.51. The summed E-state index contributed by atoms with van der Waals surface area (Å²) in [7, 11) is 0. The van der Waals surface area contributed by atoms with E-state index in [1.807, 2.05) is 0 Å². The topological polar surface area (TPSA) is 40.7 Å². The lowest BCUT2D eigenvalue weighted by Crippen LogP contribution is -2.22. The number of hydrogen-bond donors (Lipinski definition) is 2. The zero-order valence-electron chi connectivity index (χ0n) is 10.3. The molecule has 2 aliphatic rings. The van der Waals surface area contributed by atoms with Gasteiger partial charge in [0.2, 0.25) is 0 Å². The van der Waals surface area contributed by atoms with Crippen LogP contribution in [-0.4, -0.2) is 22.1 Å². The van der Waals surface area contributed by atoms with Gasteiger partial charge in [0.05, 0.1) is 11.0 Å². The summed E-state index contributed by atoms with van der Waals surface area (Å²) in [6, 6.07) is 5.62. The number of H-pyrrole nitrogens is 1. The Kier molecular flexibility index (Phi) is 2.33. The molecular weight excluding hydrogens is 290 g/mol. The van der Waals surface area contributed by atoms with E-state index in [-0.39, 0.29) is 0 Å². The number of benzene rings is 1. The number of aryl methyl sites for hydroxylation is 1. The van der Waals surface area contributed by atoms with Crippen LogP contribution in [0.3, 0.4) is 0 Å². The van der Waals surface area contributed by atoms with E-state index in [0.29, 0.717) is 12.0 Å². The van der Waals surface area contributed by atoms with Gasteiger partial charge in [-0.3, -0.25) is 0 Å². The summed E-state index contributed by atoms with van der Waals surface area (Å²) in [5.74, 6) is 1.75. The van der Waals surface area contributed by atoms with Crippen LogP contribution >= 0.6 is 15.9 Å². The van der Waals surface area contributed by atoms with Gasteiger partial charge in [-0.05, 0) is 43.9 Å². The molecule has 0 spiro atoms. The fourth-order valence-corrected chi connectivity index (χ4v) is 4.14. The molecule has 1 aromatic heterocycles. The van der Waals surface area contributed by atoms with Gasteiger partial charge in [0.1, 0.15) is 5.82 Å². The average Bonchev–Trinajstić information content (AvgIpc) is 3.01. The highest BCUT2D eigenvalue weighted by atomic mass is 79.9. The molecular formula is C14H16BrN3. The highest BCUT2D eigenvalue weighted by Crippen LogP contribution is 2.39. The van der Waals surface area contributed by atoms with Gasteiger partial charge in [0, 0.05) is 22.5 Å². The monoisotopic (exact) mass is 305 g/mol. The second kappa shape index (κ2) is 3.81. The highest BCUT2D eigenvalue weighted by Gasteiger charge is 2.41. The zero-order valence-corrected chi connectivity index (χ0v) is 11.9. The molecule has 18 heavy (non-hydrogen) atoms. The van der Waals surface area contributed by atoms with Crippen molar-refractivity contribution in [3.63, 3.8) is 0 Å². The van der Waals surface area contributed by atoms with Crippen molar-refractivity contribution in [3.05, 3.63) is 28.0 Å². The summed E-state index contributed by atoms with van der Waals surface area (Å²) >= 11 is 3.55. The molecule has 0 aliphatic carbocycles. The number of nitrogens with zero attached hydrogens (tertiary/aromatic N) is 1. The Morgan fingerprint density at radius 1 is 1.33 bits per heavy atom. The van der Waals surface area contributed by atoms with Crippen molar-refractivity contribution in [2.75, 3.05) is 0 Å². The molecule has 4 heteroatoms. The van der Waals surface area contributed by atoms with Gasteiger partial charge in [-0.25, -0.2) is 4.98 Å². The Hall–Kier alpha value is -0.870. The molecule has 3 atom stereocenters. The molecule has 0 amide bonds. The van der Waals surface area contributed by atoms with Gasteiger partial charge < -0.3 is 10.3 Å². The largest absolute Gasteiger partial charge is 0.342 e. The third kappa shape index (κ3) is 1.55. The Morgan fingerprint density at radius 2 is 2.22 bits per heavy atom. The minimum Gasteiger partial charge on any atom is -0.342 e. The molecule has 2 aromatic rings. The van der Waals surface area contributed by atoms with Gasteiger partial charge in [-0.2, -0.15) is 0 Å². The summed E-state index contributed by atoms with van der Waals surface area (Å²) < 4.78 is 1.12. The molecule has 2 saturated heterocycles. The van der Waals surface area contributed by atoms with Crippen molar-refractivity contribution in [2.45, 2.75) is 44.2 Å². The van der Waals surface area contributed by atoms with E-state index in [4.69, 9.17) is 4.98 Å². The number of aromatic amines is 1. The third-order valence-electron chi connectivity index (χ3n) is 4.41. The predicted molar refractivity (Wildman–Crippen MR) is 75.8 cm³/mol. The number of imidazole rings is 1. The molecule has 3 unspecified atom stereocenters. The highest BCUT2D eigenvalue weighted by molar-refractivity contribution is 9.10. The van der Waals surface area contributed by atoms with E-state index in [2.05, 4.69) is 45.3 Å². The maximum Gasteiger partial charge on any atom is 0.112 e. The van der Waals surface area contributed by atoms with E-state index < -0.39 is 0 Å². The molecule has 94 valence electrons. The van der Waals surface area contributed by atoms with Gasteiger partial charge in [0.15, 0.2) is 0 Å². The van der Waals surface area contributed by atoms with Crippen LogP contribution in [0.2, 0.25) is 0 Å². The number of aromatic nitrogens is 2. The molecule has 0 radical (unpaired) electrons. The van der Waals surface area contributed by atoms with Crippen molar-refractivity contribution in [1.29, 1.82) is 0 Å². The van der Waals surface area contributed by atoms with Crippen LogP contribution < -0.4 is 5.32 Å². The fourth-order valence-electron chi connectivity index (χ4n) is 3.57. The minimum absolute atomic E-state index is 0.578. The van der Waals surface area contributed by atoms with Gasteiger partial charge in [-0.1, -0.05) is 15.9 Å². The van der Waals surface area contributed by atoms with Crippen molar-refractivity contribution in [1.82, 2.24) is 15.3 Å². The summed E-state index contributed by atoms with van der Waals surface area (Å²) in [4.78, 5) is 8.36. The predicted octanol–water partition coefficient (Wildman–Crippen LogP) is 3.24. The second-order valence-corrected chi connectivity index (χ2v) is 6.55. The molecule has 4 rings (SSSR count). The molecule has 2 aliphatic heterocycles. The van der Waals surface area contributed by atoms with E-state index in [1.165, 1.54) is 30.7 Å². The number of fused-ring (bicyclic) bond motifs is 3. The second-order valence-electron chi connectivity index (χ2n) is 5.63. The first kappa shape index (κ1) is 11.0. The number of hydrogen-bond acceptors (Lipinski definition) is 2. The average molecular weight is 306 g/mol. The molecule has 2 bridgehead atoms. The molecule has 2 fully saturated rings. The lowest BCUT2D eigenvalue weighted by atomic mass is 9.89. The molecule has 3 nitrogen and oxygen atoms in total. The zero-order chi connectivity index (χ0) is 12.3. The number of nitrogens with one attached hydrogen (secondary N) is 2. The third-order valence-corrected chi connectivity index (χ3v) is 4.87. The van der Waals surface area contributed by atoms with Crippen LogP contribution in [0.5, 0.6) is 0 Å². The van der Waals surface area contributed by atoms with Crippen molar-refractivity contribution < 1.29 is 0 Å². The SMILES string of the molecule is Cc1cc(Br)cc2[nH]c(C3CC4CCC3N4)nc12. The molecule has 1 aromatic carbocycles. The van der Waals surface area contributed by atoms with Crippen molar-refractivity contribution >= 4 is 27.0 Å². The first-order valence-corrected chi connectivity index (χ1v) is 7.42. The summed E-state index contributed by atoms with van der Waals surface area (Å²) in [5, 5.41) is 3.68. The maximum absolute atomic E-state index is 4.84. The van der Waals surface area contributed by atoms with Gasteiger partial charge in [0.25, 0.3) is 0 Å². The number of rotatable bonds is 1. The first-order chi connectivity index (χ1) is 8.70. The van der Waals surface area contributed by atoms with Crippen LogP contribution in [0, 0.1) is 6.92 Å². The maximum atomic E-state index is 4.84. The standard InChI is InChI=1S/C14H16BrN3/c1-7-4-8(15)5-12-13(7)18-14(17-12)10-6-9-2-3-11(10)16-9/h4-5,9-11,16H,2-3,6H2,1H3,(H,17,18). The Balaban J connectivity index is 1.80. The Bertz CT molecular complexity index is 619. The van der Waals surface area contributed by atoms with Crippen LogP contribution in [0.15, 0.2) is 16.6 Å². The lowest BCUT2D eigenvalue weighted by molar-refractivity contribution is 0.491. The van der Waals surface area contributed by atoms with E-state index in [9.17, 15) is 0 Å². The van der Waals surface area contributed by atoms with E-state index in [1.54, 1.807) is 0 Å². The van der Waals surface area contributed by atoms with Crippen LogP contribution in [0.1, 0.15) is 36.6 Å². The first-order valence-electron chi connectivity index (χ1n) is 6.62. The van der Waals surface area contributed by atoms with E-state index >= 15 is 0 Å². The van der Waals surface area contributed by atoms with Crippen molar-refractivity contribution in [3.8, 4) is 0 Å². The normalized spacial score (nSPS) is 30.4. The Morgan fingerprint density at radius 3 is 2.94 bits per heavy atom. The van der Waals surface area contributed by atoms with Crippen molar-refractivity contribution in [2.24, 2.45) is 0 Å². The lowest BCUT2D eigenvalue weighted by Gasteiger charge is -2.17. The van der Waals surface area contributed by atoms with Gasteiger partial charge >= 0.3 is 0 Å². The minimum atomic E-state index is 0.578. The van der Waals surface area contributed by atoms with Crippen LogP contribution in [0.4, 0.5) is 0 Å². The molecule has 3 heterocycles.